The summed E-state index contributed by atoms with van der Waals surface area (Å²) < 4.78 is 5.40. The molecule has 0 aromatic carbocycles. The number of nitrogens with zero attached hydrogens (tertiary/aromatic N) is 3. The van der Waals surface area contributed by atoms with Gasteiger partial charge in [0.25, 0.3) is 0 Å². The van der Waals surface area contributed by atoms with Crippen molar-refractivity contribution >= 4 is 0 Å². The fraction of sp³-hybridized carbons (Fsp3) is 1.00. The van der Waals surface area contributed by atoms with Crippen molar-refractivity contribution in [2.75, 3.05) is 59.5 Å². The van der Waals surface area contributed by atoms with Gasteiger partial charge in [-0.15, -0.1) is 0 Å². The van der Waals surface area contributed by atoms with E-state index in [2.05, 4.69) is 28.5 Å². The Bertz CT molecular complexity index is 341. The van der Waals surface area contributed by atoms with Crippen molar-refractivity contribution in [1.82, 2.24) is 14.7 Å². The van der Waals surface area contributed by atoms with Gasteiger partial charge >= 0.3 is 0 Å². The highest BCUT2D eigenvalue weighted by atomic mass is 16.5. The quantitative estimate of drug-likeness (QED) is 0.745. The molecule has 134 valence electrons. The molecule has 3 rings (SSSR count). The smallest absolute Gasteiger partial charge is 0.0577 e. The molecule has 0 bridgehead atoms. The molecule has 4 nitrogen and oxygen atoms in total. The molecule has 4 heteroatoms. The SMILES string of the molecule is COC1CC(CN2CCN(CC3CCN(C(C)C)CC3)CC2)C1. The van der Waals surface area contributed by atoms with Crippen molar-refractivity contribution in [3.8, 4) is 0 Å². The second-order valence-electron chi connectivity index (χ2n) is 8.37. The van der Waals surface area contributed by atoms with Crippen LogP contribution in [0.3, 0.4) is 0 Å². The monoisotopic (exact) mass is 323 g/mol. The van der Waals surface area contributed by atoms with Crippen LogP contribution >= 0.6 is 0 Å². The lowest BCUT2D eigenvalue weighted by atomic mass is 9.82. The van der Waals surface area contributed by atoms with Gasteiger partial charge in [0.15, 0.2) is 0 Å². The molecular weight excluding hydrogens is 286 g/mol. The van der Waals surface area contributed by atoms with Gasteiger partial charge in [-0.2, -0.15) is 0 Å². The van der Waals surface area contributed by atoms with Crippen molar-refractivity contribution < 1.29 is 4.74 Å². The topological polar surface area (TPSA) is 19.0 Å². The van der Waals surface area contributed by atoms with Gasteiger partial charge < -0.3 is 19.4 Å². The number of hydrogen-bond acceptors (Lipinski definition) is 4. The summed E-state index contributed by atoms with van der Waals surface area (Å²) in [5.41, 5.74) is 0. The molecule has 0 aromatic rings. The maximum absolute atomic E-state index is 5.40. The minimum absolute atomic E-state index is 0.554. The molecular formula is C19H37N3O. The standard InChI is InChI=1S/C19H37N3O/c1-16(2)22-6-4-17(5-7-22)14-20-8-10-21(11-9-20)15-18-12-19(13-18)23-3/h16-19H,4-15H2,1-3H3. The first kappa shape index (κ1) is 17.7. The highest BCUT2D eigenvalue weighted by Crippen LogP contribution is 2.30. The van der Waals surface area contributed by atoms with Crippen LogP contribution in [0.2, 0.25) is 0 Å². The summed E-state index contributed by atoms with van der Waals surface area (Å²) in [5, 5.41) is 0. The molecule has 2 aliphatic heterocycles. The van der Waals surface area contributed by atoms with E-state index in [4.69, 9.17) is 4.74 Å². The molecule has 2 saturated heterocycles. The molecule has 1 saturated carbocycles. The average Bonchev–Trinajstić information content (AvgIpc) is 2.52. The Morgan fingerprint density at radius 2 is 1.35 bits per heavy atom. The minimum Gasteiger partial charge on any atom is -0.381 e. The van der Waals surface area contributed by atoms with E-state index in [9.17, 15) is 0 Å². The van der Waals surface area contributed by atoms with E-state index in [-0.39, 0.29) is 0 Å². The summed E-state index contributed by atoms with van der Waals surface area (Å²) >= 11 is 0. The Balaban J connectivity index is 1.29. The fourth-order valence-corrected chi connectivity index (χ4v) is 4.55. The van der Waals surface area contributed by atoms with Gasteiger partial charge in [-0.05, 0) is 64.5 Å². The van der Waals surface area contributed by atoms with Crippen molar-refractivity contribution in [2.45, 2.75) is 51.7 Å². The first-order valence-electron chi connectivity index (χ1n) is 9.85. The second kappa shape index (κ2) is 8.28. The number of piperidine rings is 1. The average molecular weight is 324 g/mol. The van der Waals surface area contributed by atoms with Crippen LogP contribution in [0.4, 0.5) is 0 Å². The molecule has 3 aliphatic rings. The Morgan fingerprint density at radius 1 is 0.826 bits per heavy atom. The van der Waals surface area contributed by atoms with Crippen LogP contribution in [0.15, 0.2) is 0 Å². The van der Waals surface area contributed by atoms with Gasteiger partial charge in [0, 0.05) is 52.4 Å². The Kier molecular flexibility index (Phi) is 6.36. The van der Waals surface area contributed by atoms with Gasteiger partial charge in [0.05, 0.1) is 6.10 Å². The van der Waals surface area contributed by atoms with Gasteiger partial charge in [-0.3, -0.25) is 0 Å². The Labute approximate surface area is 143 Å². The van der Waals surface area contributed by atoms with Crippen molar-refractivity contribution in [2.24, 2.45) is 11.8 Å². The third kappa shape index (κ3) is 4.91. The normalized spacial score (nSPS) is 32.3. The molecule has 23 heavy (non-hydrogen) atoms. The van der Waals surface area contributed by atoms with Crippen LogP contribution in [0.1, 0.15) is 39.5 Å². The van der Waals surface area contributed by atoms with E-state index < -0.39 is 0 Å². The van der Waals surface area contributed by atoms with E-state index >= 15 is 0 Å². The van der Waals surface area contributed by atoms with Crippen LogP contribution in [-0.2, 0) is 4.74 Å². The second-order valence-corrected chi connectivity index (χ2v) is 8.37. The molecule has 2 heterocycles. The molecule has 0 amide bonds. The lowest BCUT2D eigenvalue weighted by molar-refractivity contribution is -0.0169. The third-order valence-corrected chi connectivity index (χ3v) is 6.40. The third-order valence-electron chi connectivity index (χ3n) is 6.40. The van der Waals surface area contributed by atoms with Gasteiger partial charge in [0.2, 0.25) is 0 Å². The molecule has 0 aromatic heterocycles. The fourth-order valence-electron chi connectivity index (χ4n) is 4.55. The van der Waals surface area contributed by atoms with Crippen molar-refractivity contribution in [3.05, 3.63) is 0 Å². The lowest BCUT2D eigenvalue weighted by Gasteiger charge is -2.42. The summed E-state index contributed by atoms with van der Waals surface area (Å²) in [4.78, 5) is 8.06. The zero-order valence-corrected chi connectivity index (χ0v) is 15.5. The number of rotatable bonds is 6. The predicted molar refractivity (Wildman–Crippen MR) is 95.8 cm³/mol. The van der Waals surface area contributed by atoms with Gasteiger partial charge in [0.1, 0.15) is 0 Å². The van der Waals surface area contributed by atoms with Crippen LogP contribution in [0, 0.1) is 11.8 Å². The van der Waals surface area contributed by atoms with Crippen LogP contribution in [0.25, 0.3) is 0 Å². The molecule has 0 radical (unpaired) electrons. The van der Waals surface area contributed by atoms with Crippen molar-refractivity contribution in [3.63, 3.8) is 0 Å². The highest BCUT2D eigenvalue weighted by Gasteiger charge is 2.31. The number of piperazine rings is 1. The largest absolute Gasteiger partial charge is 0.381 e. The van der Waals surface area contributed by atoms with E-state index in [1.807, 2.05) is 7.11 Å². The molecule has 0 unspecified atom stereocenters. The van der Waals surface area contributed by atoms with E-state index in [1.165, 1.54) is 78.0 Å². The first-order chi connectivity index (χ1) is 11.1. The highest BCUT2D eigenvalue weighted by molar-refractivity contribution is 4.85. The summed E-state index contributed by atoms with van der Waals surface area (Å²) in [5.74, 6) is 1.83. The van der Waals surface area contributed by atoms with Crippen molar-refractivity contribution in [1.29, 1.82) is 0 Å². The predicted octanol–water partition coefficient (Wildman–Crippen LogP) is 2.15. The molecule has 0 atom stereocenters. The summed E-state index contributed by atoms with van der Waals surface area (Å²) in [6, 6.07) is 0.726. The molecule has 0 N–H and O–H groups in total. The maximum Gasteiger partial charge on any atom is 0.0577 e. The zero-order chi connectivity index (χ0) is 16.2. The van der Waals surface area contributed by atoms with Gasteiger partial charge in [-0.25, -0.2) is 0 Å². The Morgan fingerprint density at radius 3 is 1.83 bits per heavy atom. The number of likely N-dealkylation sites (tertiary alicyclic amines) is 1. The summed E-state index contributed by atoms with van der Waals surface area (Å²) in [7, 11) is 1.85. The Hall–Kier alpha value is -0.160. The number of methoxy groups -OCH3 is 1. The summed E-state index contributed by atoms with van der Waals surface area (Å²) in [6.07, 6.45) is 5.92. The molecule has 0 spiro atoms. The maximum atomic E-state index is 5.40. The molecule has 3 fully saturated rings. The van der Waals surface area contributed by atoms with Crippen LogP contribution in [0.5, 0.6) is 0 Å². The van der Waals surface area contributed by atoms with Gasteiger partial charge in [-0.1, -0.05) is 0 Å². The van der Waals surface area contributed by atoms with E-state index in [1.54, 1.807) is 0 Å². The zero-order valence-electron chi connectivity index (χ0n) is 15.5. The van der Waals surface area contributed by atoms with E-state index in [0.29, 0.717) is 6.10 Å². The van der Waals surface area contributed by atoms with Crippen LogP contribution < -0.4 is 0 Å². The summed E-state index contributed by atoms with van der Waals surface area (Å²) in [6.45, 7) is 15.0. The first-order valence-corrected chi connectivity index (χ1v) is 9.85. The van der Waals surface area contributed by atoms with Crippen LogP contribution in [-0.4, -0.2) is 86.3 Å². The van der Waals surface area contributed by atoms with E-state index in [0.717, 1.165) is 17.9 Å². The lowest BCUT2D eigenvalue weighted by Crippen LogP contribution is -2.51. The minimum atomic E-state index is 0.554. The number of ether oxygens (including phenoxy) is 1. The molecule has 1 aliphatic carbocycles. The number of hydrogen-bond donors (Lipinski definition) is 0.